The molecule has 0 spiro atoms. The fourth-order valence-corrected chi connectivity index (χ4v) is 2.01. The van der Waals surface area contributed by atoms with E-state index in [-0.39, 0.29) is 11.5 Å². The standard InChI is InChI=1S/C9H6BrNO3/c10-6-1-4(9(13)14)2-7-5(6)3-8(12)11-7/h1-2H,3H2,(H,11,12)(H,13,14). The van der Waals surface area contributed by atoms with E-state index >= 15 is 0 Å². The third-order valence-electron chi connectivity index (χ3n) is 2.05. The number of carboxylic acid groups (broad SMARTS) is 1. The van der Waals surface area contributed by atoms with Gasteiger partial charge in [0.15, 0.2) is 0 Å². The molecule has 0 aromatic heterocycles. The van der Waals surface area contributed by atoms with Gasteiger partial charge >= 0.3 is 5.97 Å². The maximum atomic E-state index is 11.1. The zero-order valence-electron chi connectivity index (χ0n) is 7.00. The number of hydrogen-bond donors (Lipinski definition) is 2. The number of anilines is 1. The van der Waals surface area contributed by atoms with E-state index in [2.05, 4.69) is 21.2 Å². The van der Waals surface area contributed by atoms with Gasteiger partial charge in [0.05, 0.1) is 12.0 Å². The Hall–Kier alpha value is -1.36. The van der Waals surface area contributed by atoms with Gasteiger partial charge in [0, 0.05) is 10.2 Å². The summed E-state index contributed by atoms with van der Waals surface area (Å²) in [7, 11) is 0. The second kappa shape index (κ2) is 3.09. The largest absolute Gasteiger partial charge is 0.478 e. The highest BCUT2D eigenvalue weighted by molar-refractivity contribution is 9.10. The van der Waals surface area contributed by atoms with Crippen LogP contribution in [0.1, 0.15) is 15.9 Å². The fourth-order valence-electron chi connectivity index (χ4n) is 1.41. The van der Waals surface area contributed by atoms with Gasteiger partial charge in [0.25, 0.3) is 0 Å². The summed E-state index contributed by atoms with van der Waals surface area (Å²) in [6.45, 7) is 0. The molecule has 2 N–H and O–H groups in total. The fraction of sp³-hybridized carbons (Fsp3) is 0.111. The molecule has 5 heteroatoms. The van der Waals surface area contributed by atoms with Crippen LogP contribution in [0.2, 0.25) is 0 Å². The van der Waals surface area contributed by atoms with Crippen molar-refractivity contribution in [2.24, 2.45) is 0 Å². The molecule has 1 heterocycles. The summed E-state index contributed by atoms with van der Waals surface area (Å²) in [5, 5.41) is 11.4. The average molecular weight is 256 g/mol. The Bertz CT molecular complexity index is 442. The van der Waals surface area contributed by atoms with Crippen LogP contribution in [0, 0.1) is 0 Å². The summed E-state index contributed by atoms with van der Waals surface area (Å²) in [6, 6.07) is 2.97. The normalized spacial score (nSPS) is 13.6. The van der Waals surface area contributed by atoms with Gasteiger partial charge < -0.3 is 10.4 Å². The number of rotatable bonds is 1. The lowest BCUT2D eigenvalue weighted by molar-refractivity contribution is -0.115. The van der Waals surface area contributed by atoms with E-state index in [0.717, 1.165) is 5.56 Å². The van der Waals surface area contributed by atoms with Crippen LogP contribution in [0.25, 0.3) is 0 Å². The van der Waals surface area contributed by atoms with Crippen molar-refractivity contribution < 1.29 is 14.7 Å². The summed E-state index contributed by atoms with van der Waals surface area (Å²) in [6.07, 6.45) is 0.301. The van der Waals surface area contributed by atoms with E-state index in [9.17, 15) is 9.59 Å². The molecule has 4 nitrogen and oxygen atoms in total. The average Bonchev–Trinajstić information content (AvgIpc) is 2.45. The van der Waals surface area contributed by atoms with Crippen molar-refractivity contribution in [1.82, 2.24) is 0 Å². The van der Waals surface area contributed by atoms with E-state index < -0.39 is 5.97 Å². The van der Waals surface area contributed by atoms with Crippen molar-refractivity contribution in [3.8, 4) is 0 Å². The van der Waals surface area contributed by atoms with Crippen LogP contribution in [-0.2, 0) is 11.2 Å². The first-order chi connectivity index (χ1) is 6.58. The summed E-state index contributed by atoms with van der Waals surface area (Å²) in [5.74, 6) is -1.11. The predicted octanol–water partition coefficient (Wildman–Crippen LogP) is 1.64. The zero-order chi connectivity index (χ0) is 10.3. The van der Waals surface area contributed by atoms with Gasteiger partial charge in [-0.25, -0.2) is 4.79 Å². The molecule has 1 aliphatic rings. The first kappa shape index (κ1) is 9.21. The van der Waals surface area contributed by atoms with Crippen LogP contribution in [-0.4, -0.2) is 17.0 Å². The maximum absolute atomic E-state index is 11.1. The molecule has 0 atom stereocenters. The van der Waals surface area contributed by atoms with Crippen molar-refractivity contribution in [1.29, 1.82) is 0 Å². The van der Waals surface area contributed by atoms with Gasteiger partial charge in [0.1, 0.15) is 0 Å². The number of benzene rings is 1. The number of carboxylic acids is 1. The summed E-state index contributed by atoms with van der Waals surface area (Å²) in [5.41, 5.74) is 1.57. The lowest BCUT2D eigenvalue weighted by Crippen LogP contribution is -2.04. The summed E-state index contributed by atoms with van der Waals surface area (Å²) < 4.78 is 0.658. The molecule has 14 heavy (non-hydrogen) atoms. The zero-order valence-corrected chi connectivity index (χ0v) is 8.59. The van der Waals surface area contributed by atoms with Crippen LogP contribution in [0.4, 0.5) is 5.69 Å². The van der Waals surface area contributed by atoms with E-state index in [1.807, 2.05) is 0 Å². The van der Waals surface area contributed by atoms with Crippen LogP contribution >= 0.6 is 15.9 Å². The molecule has 0 fully saturated rings. The summed E-state index contributed by atoms with van der Waals surface area (Å²) >= 11 is 3.24. The molecule has 0 radical (unpaired) electrons. The molecule has 1 aromatic carbocycles. The third-order valence-corrected chi connectivity index (χ3v) is 2.76. The molecule has 0 unspecified atom stereocenters. The van der Waals surface area contributed by atoms with E-state index in [0.29, 0.717) is 16.6 Å². The van der Waals surface area contributed by atoms with Crippen LogP contribution in [0.15, 0.2) is 16.6 Å². The molecule has 0 aliphatic carbocycles. The molecule has 72 valence electrons. The van der Waals surface area contributed by atoms with Crippen molar-refractivity contribution in [2.45, 2.75) is 6.42 Å². The van der Waals surface area contributed by atoms with Crippen LogP contribution < -0.4 is 5.32 Å². The molecule has 1 aliphatic heterocycles. The van der Waals surface area contributed by atoms with Crippen LogP contribution in [0.3, 0.4) is 0 Å². The minimum absolute atomic E-state index is 0.108. The molecule has 0 saturated carbocycles. The number of carbonyl (C=O) groups excluding carboxylic acids is 1. The Balaban J connectivity index is 2.56. The molecule has 0 saturated heterocycles. The van der Waals surface area contributed by atoms with Gasteiger partial charge in [-0.2, -0.15) is 0 Å². The molecule has 1 amide bonds. The topological polar surface area (TPSA) is 66.4 Å². The first-order valence-electron chi connectivity index (χ1n) is 3.93. The minimum Gasteiger partial charge on any atom is -0.478 e. The number of amides is 1. The molecule has 2 rings (SSSR count). The van der Waals surface area contributed by atoms with Gasteiger partial charge in [-0.05, 0) is 17.7 Å². The smallest absolute Gasteiger partial charge is 0.335 e. The lowest BCUT2D eigenvalue weighted by atomic mass is 10.1. The Morgan fingerprint density at radius 3 is 2.86 bits per heavy atom. The van der Waals surface area contributed by atoms with E-state index in [1.165, 1.54) is 12.1 Å². The molecular weight excluding hydrogens is 250 g/mol. The second-order valence-electron chi connectivity index (χ2n) is 3.01. The Labute approximate surface area is 88.1 Å². The molecule has 0 bridgehead atoms. The second-order valence-corrected chi connectivity index (χ2v) is 3.87. The van der Waals surface area contributed by atoms with Crippen molar-refractivity contribution >= 4 is 33.5 Å². The number of aromatic carboxylic acids is 1. The van der Waals surface area contributed by atoms with Gasteiger partial charge in [-0.3, -0.25) is 4.79 Å². The quantitative estimate of drug-likeness (QED) is 0.802. The number of fused-ring (bicyclic) bond motifs is 1. The Morgan fingerprint density at radius 1 is 1.50 bits per heavy atom. The SMILES string of the molecule is O=C1Cc2c(Br)cc(C(=O)O)cc2N1. The van der Waals surface area contributed by atoms with Crippen molar-refractivity contribution in [3.05, 3.63) is 27.7 Å². The molecular formula is C9H6BrNO3. The number of hydrogen-bond acceptors (Lipinski definition) is 2. The van der Waals surface area contributed by atoms with Gasteiger partial charge in [-0.15, -0.1) is 0 Å². The van der Waals surface area contributed by atoms with Crippen LogP contribution in [0.5, 0.6) is 0 Å². The van der Waals surface area contributed by atoms with E-state index in [4.69, 9.17) is 5.11 Å². The van der Waals surface area contributed by atoms with Gasteiger partial charge in [-0.1, -0.05) is 15.9 Å². The van der Waals surface area contributed by atoms with Gasteiger partial charge in [0.2, 0.25) is 5.91 Å². The minimum atomic E-state index is -1.00. The monoisotopic (exact) mass is 255 g/mol. The maximum Gasteiger partial charge on any atom is 0.335 e. The summed E-state index contributed by atoms with van der Waals surface area (Å²) in [4.78, 5) is 21.8. The Morgan fingerprint density at radius 2 is 2.21 bits per heavy atom. The third kappa shape index (κ3) is 1.39. The number of carbonyl (C=O) groups is 2. The van der Waals surface area contributed by atoms with Crippen molar-refractivity contribution in [2.75, 3.05) is 5.32 Å². The van der Waals surface area contributed by atoms with E-state index in [1.54, 1.807) is 0 Å². The number of halogens is 1. The molecule has 1 aromatic rings. The predicted molar refractivity (Wildman–Crippen MR) is 53.4 cm³/mol. The Kier molecular flexibility index (Phi) is 2.03. The highest BCUT2D eigenvalue weighted by Gasteiger charge is 2.22. The number of nitrogens with one attached hydrogen (secondary N) is 1. The highest BCUT2D eigenvalue weighted by atomic mass is 79.9. The first-order valence-corrected chi connectivity index (χ1v) is 4.73. The van der Waals surface area contributed by atoms with Crippen molar-refractivity contribution in [3.63, 3.8) is 0 Å². The highest BCUT2D eigenvalue weighted by Crippen LogP contribution is 2.31. The lowest BCUT2D eigenvalue weighted by Gasteiger charge is -2.02.